The lowest BCUT2D eigenvalue weighted by Gasteiger charge is -2.22. The Kier molecular flexibility index (Phi) is 11.9. The number of carbonyl (C=O) groups excluding carboxylic acids is 4. The number of carbonyl (C=O) groups is 5. The van der Waals surface area contributed by atoms with Crippen LogP contribution in [0.2, 0.25) is 0 Å². The number of primary amides is 1. The van der Waals surface area contributed by atoms with Gasteiger partial charge in [-0.2, -0.15) is 0 Å². The van der Waals surface area contributed by atoms with Crippen molar-refractivity contribution in [2.24, 2.45) is 11.7 Å². The van der Waals surface area contributed by atoms with Crippen molar-refractivity contribution in [2.45, 2.75) is 76.5 Å². The van der Waals surface area contributed by atoms with Crippen LogP contribution in [0.25, 0.3) is 0 Å². The maximum Gasteiger partial charge on any atom is 0.408 e. The molecular weight excluding hydrogens is 544 g/mol. The second-order valence-electron chi connectivity index (χ2n) is 10.3. The van der Waals surface area contributed by atoms with Crippen LogP contribution in [-0.4, -0.2) is 65.2 Å². The number of epoxide rings is 1. The third-order valence-electron chi connectivity index (χ3n) is 7.05. The van der Waals surface area contributed by atoms with Crippen molar-refractivity contribution in [3.63, 3.8) is 0 Å². The number of amides is 4. The minimum absolute atomic E-state index is 0.0341. The van der Waals surface area contributed by atoms with Gasteiger partial charge in [-0.15, -0.1) is 0 Å². The van der Waals surface area contributed by atoms with Gasteiger partial charge in [0, 0.05) is 0 Å². The summed E-state index contributed by atoms with van der Waals surface area (Å²) in [6.07, 6.45) is -1.68. The van der Waals surface area contributed by atoms with E-state index in [0.717, 1.165) is 11.1 Å². The van der Waals surface area contributed by atoms with Crippen molar-refractivity contribution in [1.29, 1.82) is 0 Å². The van der Waals surface area contributed by atoms with Crippen molar-refractivity contribution in [3.8, 4) is 0 Å². The molecule has 6 N–H and O–H groups in total. The highest BCUT2D eigenvalue weighted by Gasteiger charge is 2.47. The maximum atomic E-state index is 13.3. The van der Waals surface area contributed by atoms with Gasteiger partial charge < -0.3 is 36.3 Å². The molecule has 0 spiro atoms. The van der Waals surface area contributed by atoms with Gasteiger partial charge in [0.05, 0.1) is 25.0 Å². The molecular formula is C30H38N4O8. The molecule has 0 radical (unpaired) electrons. The first kappa shape index (κ1) is 32.1. The predicted molar refractivity (Wildman–Crippen MR) is 152 cm³/mol. The quantitative estimate of drug-likeness (QED) is 0.185. The standard InChI is InChI=1S/C30H38N4O8/c1-3-18(2)26(29(38)39)34-25(36)16-23-27(42-23)21(14-19-10-6-4-7-11-19)32-28(37)22(15-24(31)35)33-30(40)41-17-20-12-8-5-9-13-20/h4-13,18,21-23,26-27H,3,14-17H2,1-2H3,(H2,31,35)(H,32,37)(H,33,40)(H,34,36)(H,38,39)/t18-,21?,22+,23?,26-,27?/m0/s1. The highest BCUT2D eigenvalue weighted by molar-refractivity contribution is 5.90. The van der Waals surface area contributed by atoms with Crippen molar-refractivity contribution in [1.82, 2.24) is 16.0 Å². The van der Waals surface area contributed by atoms with Crippen LogP contribution in [0.4, 0.5) is 4.79 Å². The fourth-order valence-electron chi connectivity index (χ4n) is 4.49. The zero-order chi connectivity index (χ0) is 30.6. The van der Waals surface area contributed by atoms with Crippen molar-refractivity contribution in [3.05, 3.63) is 71.8 Å². The van der Waals surface area contributed by atoms with E-state index in [2.05, 4.69) is 16.0 Å². The third kappa shape index (κ3) is 10.2. The van der Waals surface area contributed by atoms with Crippen LogP contribution in [0.15, 0.2) is 60.7 Å². The van der Waals surface area contributed by atoms with Gasteiger partial charge in [0.15, 0.2) is 0 Å². The molecule has 0 saturated carbocycles. The number of hydrogen-bond donors (Lipinski definition) is 5. The summed E-state index contributed by atoms with van der Waals surface area (Å²) in [6.45, 7) is 3.55. The summed E-state index contributed by atoms with van der Waals surface area (Å²) >= 11 is 0. The largest absolute Gasteiger partial charge is 0.480 e. The highest BCUT2D eigenvalue weighted by Crippen LogP contribution is 2.30. The molecule has 0 aliphatic carbocycles. The lowest BCUT2D eigenvalue weighted by Crippen LogP contribution is -2.53. The monoisotopic (exact) mass is 582 g/mol. The van der Waals surface area contributed by atoms with Crippen LogP contribution >= 0.6 is 0 Å². The summed E-state index contributed by atoms with van der Waals surface area (Å²) in [4.78, 5) is 61.7. The Bertz CT molecular complexity index is 1230. The summed E-state index contributed by atoms with van der Waals surface area (Å²) in [6, 6.07) is 15.3. The number of nitrogens with two attached hydrogens (primary N) is 1. The van der Waals surface area contributed by atoms with Crippen LogP contribution in [0.5, 0.6) is 0 Å². The Hall–Kier alpha value is -4.45. The fourth-order valence-corrected chi connectivity index (χ4v) is 4.49. The van der Waals surface area contributed by atoms with Gasteiger partial charge in [-0.3, -0.25) is 14.4 Å². The van der Waals surface area contributed by atoms with Gasteiger partial charge >= 0.3 is 12.1 Å². The summed E-state index contributed by atoms with van der Waals surface area (Å²) < 4.78 is 10.9. The van der Waals surface area contributed by atoms with E-state index in [0.29, 0.717) is 12.8 Å². The number of carboxylic acid groups (broad SMARTS) is 1. The molecule has 2 aromatic rings. The van der Waals surface area contributed by atoms with E-state index in [9.17, 15) is 29.1 Å². The minimum atomic E-state index is -1.31. The molecule has 6 atom stereocenters. The molecule has 12 nitrogen and oxygen atoms in total. The number of benzene rings is 2. The molecule has 1 saturated heterocycles. The van der Waals surface area contributed by atoms with E-state index in [1.807, 2.05) is 43.3 Å². The molecule has 0 bridgehead atoms. The molecule has 0 aromatic heterocycles. The van der Waals surface area contributed by atoms with Crippen LogP contribution in [0, 0.1) is 5.92 Å². The molecule has 4 amide bonds. The SMILES string of the molecule is CC[C@H](C)[C@H](NC(=O)CC1OC1C(Cc1ccccc1)NC(=O)[C@@H](CC(N)=O)NC(=O)OCc1ccccc1)C(=O)O. The maximum absolute atomic E-state index is 13.3. The van der Waals surface area contributed by atoms with E-state index >= 15 is 0 Å². The third-order valence-corrected chi connectivity index (χ3v) is 7.05. The number of ether oxygens (including phenoxy) is 2. The summed E-state index contributed by atoms with van der Waals surface area (Å²) in [5.74, 6) is -3.33. The Balaban J connectivity index is 1.65. The van der Waals surface area contributed by atoms with E-state index in [4.69, 9.17) is 15.2 Å². The van der Waals surface area contributed by atoms with Gasteiger partial charge in [-0.1, -0.05) is 80.9 Å². The predicted octanol–water partition coefficient (Wildman–Crippen LogP) is 1.66. The molecule has 12 heteroatoms. The van der Waals surface area contributed by atoms with Crippen LogP contribution in [0.1, 0.15) is 44.2 Å². The van der Waals surface area contributed by atoms with E-state index in [1.165, 1.54) is 0 Å². The van der Waals surface area contributed by atoms with Crippen molar-refractivity contribution >= 4 is 29.8 Å². The summed E-state index contributed by atoms with van der Waals surface area (Å²) in [5.41, 5.74) is 6.97. The van der Waals surface area contributed by atoms with Crippen LogP contribution in [-0.2, 0) is 41.7 Å². The summed E-state index contributed by atoms with van der Waals surface area (Å²) in [5, 5.41) is 17.3. The Labute approximate surface area is 244 Å². The van der Waals surface area contributed by atoms with Gasteiger partial charge in [0.1, 0.15) is 24.8 Å². The molecule has 1 aliphatic rings. The van der Waals surface area contributed by atoms with Crippen LogP contribution in [0.3, 0.4) is 0 Å². The topological polar surface area (TPSA) is 189 Å². The van der Waals surface area contributed by atoms with Gasteiger partial charge in [-0.05, 0) is 23.5 Å². The zero-order valence-corrected chi connectivity index (χ0v) is 23.7. The molecule has 226 valence electrons. The van der Waals surface area contributed by atoms with Gasteiger partial charge in [0.2, 0.25) is 17.7 Å². The van der Waals surface area contributed by atoms with E-state index in [1.54, 1.807) is 31.2 Å². The average Bonchev–Trinajstić information content (AvgIpc) is 3.73. The normalized spacial score (nSPS) is 18.4. The van der Waals surface area contributed by atoms with Gasteiger partial charge in [0.25, 0.3) is 0 Å². The van der Waals surface area contributed by atoms with E-state index in [-0.39, 0.29) is 18.9 Å². The molecule has 1 fully saturated rings. The number of alkyl carbamates (subject to hydrolysis) is 1. The van der Waals surface area contributed by atoms with Crippen LogP contribution < -0.4 is 21.7 Å². The first-order valence-electron chi connectivity index (χ1n) is 13.8. The lowest BCUT2D eigenvalue weighted by atomic mass is 9.98. The van der Waals surface area contributed by atoms with Crippen molar-refractivity contribution < 1.29 is 38.6 Å². The number of carboxylic acids is 1. The molecule has 2 aromatic carbocycles. The first-order chi connectivity index (χ1) is 20.1. The summed E-state index contributed by atoms with van der Waals surface area (Å²) in [7, 11) is 0. The smallest absolute Gasteiger partial charge is 0.408 e. The minimum Gasteiger partial charge on any atom is -0.480 e. The van der Waals surface area contributed by atoms with Gasteiger partial charge in [-0.25, -0.2) is 9.59 Å². The number of rotatable bonds is 16. The second-order valence-corrected chi connectivity index (χ2v) is 10.3. The zero-order valence-electron chi connectivity index (χ0n) is 23.7. The molecule has 1 heterocycles. The Morgan fingerprint density at radius 3 is 2.14 bits per heavy atom. The number of hydrogen-bond acceptors (Lipinski definition) is 7. The number of aliphatic carboxylic acids is 1. The fraction of sp³-hybridized carbons (Fsp3) is 0.433. The first-order valence-corrected chi connectivity index (χ1v) is 13.8. The highest BCUT2D eigenvalue weighted by atomic mass is 16.6. The average molecular weight is 583 g/mol. The van der Waals surface area contributed by atoms with E-state index < -0.39 is 66.5 Å². The molecule has 1 aliphatic heterocycles. The second kappa shape index (κ2) is 15.5. The van der Waals surface area contributed by atoms with Crippen molar-refractivity contribution in [2.75, 3.05) is 0 Å². The number of nitrogens with one attached hydrogen (secondary N) is 3. The Morgan fingerprint density at radius 1 is 0.952 bits per heavy atom. The molecule has 3 rings (SSSR count). The molecule has 42 heavy (non-hydrogen) atoms. The lowest BCUT2D eigenvalue weighted by molar-refractivity contribution is -0.143. The molecule has 3 unspecified atom stereocenters. The Morgan fingerprint density at radius 2 is 1.57 bits per heavy atom.